The van der Waals surface area contributed by atoms with Crippen molar-refractivity contribution in [1.29, 1.82) is 0 Å². The number of amides is 1. The Morgan fingerprint density at radius 2 is 1.85 bits per heavy atom. The van der Waals surface area contributed by atoms with Crippen molar-refractivity contribution < 1.29 is 19.0 Å². The van der Waals surface area contributed by atoms with Crippen LogP contribution in [0.25, 0.3) is 0 Å². The van der Waals surface area contributed by atoms with E-state index in [9.17, 15) is 4.79 Å². The van der Waals surface area contributed by atoms with Gasteiger partial charge in [0.1, 0.15) is 17.1 Å². The Labute approximate surface area is 163 Å². The minimum atomic E-state index is -0.439. The summed E-state index contributed by atoms with van der Waals surface area (Å²) in [6.07, 6.45) is 1.81. The molecule has 0 spiro atoms. The molecule has 0 radical (unpaired) electrons. The summed E-state index contributed by atoms with van der Waals surface area (Å²) >= 11 is 0. The van der Waals surface area contributed by atoms with Crippen molar-refractivity contribution in [2.24, 2.45) is 5.92 Å². The molecule has 1 fully saturated rings. The number of piperidine rings is 1. The molecule has 1 aromatic carbocycles. The van der Waals surface area contributed by atoms with Crippen molar-refractivity contribution in [2.45, 2.75) is 45.8 Å². The lowest BCUT2D eigenvalue weighted by Crippen LogP contribution is -2.43. The summed E-state index contributed by atoms with van der Waals surface area (Å²) in [6, 6.07) is 5.94. The molecule has 0 atom stereocenters. The van der Waals surface area contributed by atoms with E-state index in [0.29, 0.717) is 5.92 Å². The van der Waals surface area contributed by atoms with Crippen LogP contribution in [0.4, 0.5) is 4.79 Å². The van der Waals surface area contributed by atoms with Gasteiger partial charge >= 0.3 is 6.09 Å². The maximum Gasteiger partial charge on any atom is 0.410 e. The zero-order valence-electron chi connectivity index (χ0n) is 17.6. The number of benzene rings is 1. The average Bonchev–Trinajstić information content (AvgIpc) is 2.61. The zero-order valence-corrected chi connectivity index (χ0v) is 17.6. The normalized spacial score (nSPS) is 15.7. The van der Waals surface area contributed by atoms with Gasteiger partial charge in [0.25, 0.3) is 0 Å². The molecule has 1 heterocycles. The number of nitrogens with zero attached hydrogens (tertiary/aromatic N) is 2. The molecule has 1 amide bonds. The van der Waals surface area contributed by atoms with Crippen molar-refractivity contribution in [1.82, 2.24) is 9.80 Å². The van der Waals surface area contributed by atoms with Gasteiger partial charge in [0.15, 0.2) is 0 Å². The van der Waals surface area contributed by atoms with Gasteiger partial charge in [0, 0.05) is 37.8 Å². The lowest BCUT2D eigenvalue weighted by Gasteiger charge is -2.35. The highest BCUT2D eigenvalue weighted by Gasteiger charge is 2.27. The summed E-state index contributed by atoms with van der Waals surface area (Å²) in [5.41, 5.74) is 0.706. The Morgan fingerprint density at radius 3 is 2.41 bits per heavy atom. The van der Waals surface area contributed by atoms with Gasteiger partial charge in [-0.05, 0) is 52.6 Å². The van der Waals surface area contributed by atoms with Crippen LogP contribution < -0.4 is 9.47 Å². The fourth-order valence-electron chi connectivity index (χ4n) is 3.40. The molecule has 27 heavy (non-hydrogen) atoms. The minimum Gasteiger partial charge on any atom is -0.497 e. The second kappa shape index (κ2) is 9.31. The molecular formula is C21H34N2O4. The van der Waals surface area contributed by atoms with Crippen LogP contribution in [0.3, 0.4) is 0 Å². The van der Waals surface area contributed by atoms with E-state index >= 15 is 0 Å². The predicted molar refractivity (Wildman–Crippen MR) is 106 cm³/mol. The Hall–Kier alpha value is -1.95. The zero-order chi connectivity index (χ0) is 20.0. The number of carbonyl (C=O) groups is 1. The van der Waals surface area contributed by atoms with E-state index in [1.54, 1.807) is 14.2 Å². The molecule has 1 aromatic rings. The summed E-state index contributed by atoms with van der Waals surface area (Å²) < 4.78 is 16.2. The predicted octanol–water partition coefficient (Wildman–Crippen LogP) is 3.78. The van der Waals surface area contributed by atoms with Gasteiger partial charge in [0.2, 0.25) is 0 Å². The number of carbonyl (C=O) groups excluding carboxylic acids is 1. The number of ether oxygens (including phenoxy) is 3. The Bertz CT molecular complexity index is 619. The SMILES string of the molecule is COc1ccc(CN(C)CC2CCN(C(=O)OC(C)(C)C)CC2)c(OC)c1. The first kappa shape index (κ1) is 21.4. The number of hydrogen-bond donors (Lipinski definition) is 0. The maximum absolute atomic E-state index is 12.2. The lowest BCUT2D eigenvalue weighted by molar-refractivity contribution is 0.0172. The molecule has 0 unspecified atom stereocenters. The summed E-state index contributed by atoms with van der Waals surface area (Å²) in [5.74, 6) is 2.23. The monoisotopic (exact) mass is 378 g/mol. The first-order valence-electron chi connectivity index (χ1n) is 9.59. The Balaban J connectivity index is 1.82. The molecular weight excluding hydrogens is 344 g/mol. The Kier molecular flexibility index (Phi) is 7.36. The van der Waals surface area contributed by atoms with Crippen LogP contribution in [-0.4, -0.2) is 62.4 Å². The molecule has 0 bridgehead atoms. The Morgan fingerprint density at radius 1 is 1.19 bits per heavy atom. The number of rotatable bonds is 6. The fraction of sp³-hybridized carbons (Fsp3) is 0.667. The molecule has 1 aliphatic rings. The summed E-state index contributed by atoms with van der Waals surface area (Å²) in [5, 5.41) is 0. The minimum absolute atomic E-state index is 0.197. The first-order chi connectivity index (χ1) is 12.7. The smallest absolute Gasteiger partial charge is 0.410 e. The van der Waals surface area contributed by atoms with Crippen molar-refractivity contribution in [3.8, 4) is 11.5 Å². The van der Waals surface area contributed by atoms with E-state index < -0.39 is 5.60 Å². The fourth-order valence-corrected chi connectivity index (χ4v) is 3.40. The van der Waals surface area contributed by atoms with Crippen LogP contribution in [0, 0.1) is 5.92 Å². The van der Waals surface area contributed by atoms with Gasteiger partial charge in [-0.1, -0.05) is 6.07 Å². The van der Waals surface area contributed by atoms with E-state index in [-0.39, 0.29) is 6.09 Å². The summed E-state index contributed by atoms with van der Waals surface area (Å²) in [4.78, 5) is 16.3. The van der Waals surface area contributed by atoms with Crippen molar-refractivity contribution in [3.63, 3.8) is 0 Å². The van der Waals surface area contributed by atoms with Crippen molar-refractivity contribution in [3.05, 3.63) is 23.8 Å². The van der Waals surface area contributed by atoms with E-state index in [2.05, 4.69) is 18.0 Å². The standard InChI is InChI=1S/C21H34N2O4/c1-21(2,3)27-20(24)23-11-9-16(10-12-23)14-22(4)15-17-7-8-18(25-5)13-19(17)26-6/h7-8,13,16H,9-12,14-15H2,1-6H3. The molecule has 0 aliphatic carbocycles. The highest BCUT2D eigenvalue weighted by Crippen LogP contribution is 2.26. The molecule has 6 nitrogen and oxygen atoms in total. The van der Waals surface area contributed by atoms with Crippen LogP contribution in [0.5, 0.6) is 11.5 Å². The van der Waals surface area contributed by atoms with Crippen LogP contribution >= 0.6 is 0 Å². The van der Waals surface area contributed by atoms with E-state index in [0.717, 1.165) is 56.1 Å². The average molecular weight is 379 g/mol. The third kappa shape index (κ3) is 6.61. The van der Waals surface area contributed by atoms with Crippen LogP contribution in [-0.2, 0) is 11.3 Å². The second-order valence-corrected chi connectivity index (χ2v) is 8.29. The van der Waals surface area contributed by atoms with Gasteiger partial charge in [0.05, 0.1) is 14.2 Å². The van der Waals surface area contributed by atoms with Crippen LogP contribution in [0.1, 0.15) is 39.2 Å². The number of methoxy groups -OCH3 is 2. The molecule has 0 saturated carbocycles. The van der Waals surface area contributed by atoms with E-state index in [4.69, 9.17) is 14.2 Å². The molecule has 6 heteroatoms. The maximum atomic E-state index is 12.2. The molecule has 1 aliphatic heterocycles. The van der Waals surface area contributed by atoms with Gasteiger partial charge in [-0.15, -0.1) is 0 Å². The topological polar surface area (TPSA) is 51.2 Å². The highest BCUT2D eigenvalue weighted by molar-refractivity contribution is 5.68. The van der Waals surface area contributed by atoms with Gasteiger partial charge in [-0.2, -0.15) is 0 Å². The van der Waals surface area contributed by atoms with Crippen molar-refractivity contribution in [2.75, 3.05) is 40.9 Å². The third-order valence-corrected chi connectivity index (χ3v) is 4.77. The van der Waals surface area contributed by atoms with Crippen molar-refractivity contribution >= 4 is 6.09 Å². The van der Waals surface area contributed by atoms with Crippen LogP contribution in [0.15, 0.2) is 18.2 Å². The second-order valence-electron chi connectivity index (χ2n) is 8.29. The molecule has 0 N–H and O–H groups in total. The lowest BCUT2D eigenvalue weighted by atomic mass is 9.96. The van der Waals surface area contributed by atoms with E-state index in [1.165, 1.54) is 0 Å². The molecule has 152 valence electrons. The summed E-state index contributed by atoms with van der Waals surface area (Å²) in [7, 11) is 5.47. The highest BCUT2D eigenvalue weighted by atomic mass is 16.6. The van der Waals surface area contributed by atoms with Gasteiger partial charge in [-0.25, -0.2) is 4.79 Å². The number of hydrogen-bond acceptors (Lipinski definition) is 5. The quantitative estimate of drug-likeness (QED) is 0.754. The van der Waals surface area contributed by atoms with Gasteiger partial charge in [-0.3, -0.25) is 0 Å². The van der Waals surface area contributed by atoms with Gasteiger partial charge < -0.3 is 24.0 Å². The molecule has 0 aromatic heterocycles. The molecule has 2 rings (SSSR count). The third-order valence-electron chi connectivity index (χ3n) is 4.77. The van der Waals surface area contributed by atoms with E-state index in [1.807, 2.05) is 37.8 Å². The summed E-state index contributed by atoms with van der Waals surface area (Å²) in [6.45, 7) is 9.05. The largest absolute Gasteiger partial charge is 0.497 e. The van der Waals surface area contributed by atoms with Crippen LogP contribution in [0.2, 0.25) is 0 Å². The molecule has 1 saturated heterocycles. The number of likely N-dealkylation sites (tertiary alicyclic amines) is 1. The first-order valence-corrected chi connectivity index (χ1v) is 9.59.